The summed E-state index contributed by atoms with van der Waals surface area (Å²) in [4.78, 5) is 8.49. The zero-order valence-electron chi connectivity index (χ0n) is 17.0. The summed E-state index contributed by atoms with van der Waals surface area (Å²) in [6.45, 7) is 0. The number of anilines is 1. The van der Waals surface area contributed by atoms with Gasteiger partial charge in [-0.25, -0.2) is 14.4 Å². The maximum Gasteiger partial charge on any atom is 0.252 e. The summed E-state index contributed by atoms with van der Waals surface area (Å²) in [6, 6.07) is 10.9. The van der Waals surface area contributed by atoms with Gasteiger partial charge in [-0.05, 0) is 54.5 Å². The molecule has 2 aromatic heterocycles. The molecule has 0 aliphatic heterocycles. The van der Waals surface area contributed by atoms with Crippen LogP contribution in [0.25, 0.3) is 22.3 Å². The fourth-order valence-corrected chi connectivity index (χ4v) is 5.21. The smallest absolute Gasteiger partial charge is 0.252 e. The number of benzene rings is 2. The Kier molecular flexibility index (Phi) is 4.00. The van der Waals surface area contributed by atoms with E-state index in [1.807, 2.05) is 4.68 Å². The summed E-state index contributed by atoms with van der Waals surface area (Å²) < 4.78 is 16.2. The number of rotatable bonds is 3. The number of aryl methyl sites for hydroxylation is 1. The number of aromatic nitrogens is 4. The van der Waals surface area contributed by atoms with E-state index in [0.717, 1.165) is 25.3 Å². The van der Waals surface area contributed by atoms with Gasteiger partial charge >= 0.3 is 0 Å². The molecule has 31 heavy (non-hydrogen) atoms. The third-order valence-electron chi connectivity index (χ3n) is 6.66. The van der Waals surface area contributed by atoms with Gasteiger partial charge in [0.05, 0.1) is 11.5 Å². The molecule has 0 radical (unpaired) electrons. The van der Waals surface area contributed by atoms with Crippen LogP contribution in [-0.2, 0) is 12.8 Å². The number of aromatic amines is 1. The number of nitrogens with two attached hydrogens (primary N) is 1. The second-order valence-corrected chi connectivity index (χ2v) is 8.61. The highest BCUT2D eigenvalue weighted by atomic mass is 19.1. The largest absolute Gasteiger partial charge is 0.508 e. The summed E-state index contributed by atoms with van der Waals surface area (Å²) in [7, 11) is 0. The second-order valence-electron chi connectivity index (χ2n) is 8.61. The summed E-state index contributed by atoms with van der Waals surface area (Å²) in [6.07, 6.45) is 7.18. The molecule has 1 fully saturated rings. The highest BCUT2D eigenvalue weighted by Gasteiger charge is 2.51. The zero-order valence-corrected chi connectivity index (χ0v) is 17.0. The summed E-state index contributed by atoms with van der Waals surface area (Å²) in [5, 5.41) is 14.0. The SMILES string of the molecule is Nc1ncnc2[nH][n+](C3CC3c3cccc4c3CCCC4)c(-c3cc(O)cc(F)c3)c12. The van der Waals surface area contributed by atoms with Gasteiger partial charge in [-0.1, -0.05) is 18.2 Å². The van der Waals surface area contributed by atoms with Gasteiger partial charge in [-0.2, -0.15) is 0 Å². The maximum atomic E-state index is 14.2. The molecule has 2 aromatic carbocycles. The van der Waals surface area contributed by atoms with Crippen molar-refractivity contribution in [2.45, 2.75) is 44.1 Å². The topological polar surface area (TPSA) is 91.7 Å². The van der Waals surface area contributed by atoms with Crippen molar-refractivity contribution in [2.75, 3.05) is 5.73 Å². The molecule has 4 N–H and O–H groups in total. The minimum Gasteiger partial charge on any atom is -0.508 e. The van der Waals surface area contributed by atoms with E-state index in [2.05, 4.69) is 33.3 Å². The van der Waals surface area contributed by atoms with Gasteiger partial charge in [-0.15, -0.1) is 9.78 Å². The highest BCUT2D eigenvalue weighted by molar-refractivity contribution is 5.96. The normalized spacial score (nSPS) is 20.0. The Bertz CT molecular complexity index is 1310. The van der Waals surface area contributed by atoms with Gasteiger partial charge < -0.3 is 10.8 Å². The number of fused-ring (bicyclic) bond motifs is 2. The van der Waals surface area contributed by atoms with E-state index in [4.69, 9.17) is 5.73 Å². The average molecular weight is 416 g/mol. The van der Waals surface area contributed by atoms with Gasteiger partial charge in [0.15, 0.2) is 6.04 Å². The van der Waals surface area contributed by atoms with E-state index >= 15 is 0 Å². The minimum atomic E-state index is -0.504. The van der Waals surface area contributed by atoms with Crippen LogP contribution in [0.15, 0.2) is 42.7 Å². The Morgan fingerprint density at radius 3 is 2.87 bits per heavy atom. The Labute approximate surface area is 178 Å². The molecular formula is C24H23FN5O+. The van der Waals surface area contributed by atoms with Crippen molar-refractivity contribution < 1.29 is 14.2 Å². The third-order valence-corrected chi connectivity index (χ3v) is 6.66. The molecule has 4 aromatic rings. The molecule has 2 atom stereocenters. The van der Waals surface area contributed by atoms with E-state index in [9.17, 15) is 9.50 Å². The second kappa shape index (κ2) is 6.77. The van der Waals surface area contributed by atoms with Gasteiger partial charge in [0, 0.05) is 12.5 Å². The molecule has 0 bridgehead atoms. The van der Waals surface area contributed by atoms with Crippen LogP contribution in [-0.4, -0.2) is 20.2 Å². The number of nitrogens with one attached hydrogen (secondary N) is 1. The molecule has 6 rings (SSSR count). The monoisotopic (exact) mass is 416 g/mol. The minimum absolute atomic E-state index is 0.129. The van der Waals surface area contributed by atoms with E-state index in [0.29, 0.717) is 34.0 Å². The van der Waals surface area contributed by atoms with Crippen molar-refractivity contribution in [1.82, 2.24) is 15.1 Å². The molecule has 2 aliphatic rings. The first-order chi connectivity index (χ1) is 15.1. The molecule has 0 spiro atoms. The van der Waals surface area contributed by atoms with E-state index in [1.54, 1.807) is 6.07 Å². The third kappa shape index (κ3) is 2.95. The molecule has 6 nitrogen and oxygen atoms in total. The molecule has 0 amide bonds. The standard InChI is InChI=1S/C24H22FN5O/c25-15-8-14(9-16(31)10-15)22-21-23(26)27-12-28-24(21)29-30(22)20-11-19(20)18-7-3-5-13-4-1-2-6-17(13)18/h3,5,7-10,12,19-20H,1-2,4,6,11H2,(H3,26,27,28,29,31)/p+1. The van der Waals surface area contributed by atoms with Crippen LogP contribution in [0.5, 0.6) is 5.75 Å². The van der Waals surface area contributed by atoms with Crippen molar-refractivity contribution in [2.24, 2.45) is 0 Å². The van der Waals surface area contributed by atoms with Crippen LogP contribution < -0.4 is 10.4 Å². The Morgan fingerprint density at radius 1 is 1.13 bits per heavy atom. The zero-order chi connectivity index (χ0) is 21.1. The van der Waals surface area contributed by atoms with E-state index in [1.165, 1.54) is 41.9 Å². The average Bonchev–Trinajstić information content (AvgIpc) is 3.45. The fourth-order valence-electron chi connectivity index (χ4n) is 5.21. The molecule has 2 aliphatic carbocycles. The molecule has 1 saturated carbocycles. The van der Waals surface area contributed by atoms with Crippen LogP contribution >= 0.6 is 0 Å². The quantitative estimate of drug-likeness (QED) is 0.441. The Morgan fingerprint density at radius 2 is 2.00 bits per heavy atom. The lowest BCUT2D eigenvalue weighted by molar-refractivity contribution is -0.742. The molecular weight excluding hydrogens is 393 g/mol. The van der Waals surface area contributed by atoms with Crippen LogP contribution in [0.2, 0.25) is 0 Å². The number of phenolic OH excluding ortho intramolecular Hbond substituents is 1. The summed E-state index contributed by atoms with van der Waals surface area (Å²) in [5.74, 6) is 0.0702. The lowest BCUT2D eigenvalue weighted by Crippen LogP contribution is -2.37. The number of nitrogen functional groups attached to an aromatic ring is 1. The maximum absolute atomic E-state index is 14.2. The first kappa shape index (κ1) is 18.3. The molecule has 2 unspecified atom stereocenters. The number of aromatic hydroxyl groups is 1. The Balaban J connectivity index is 1.50. The lowest BCUT2D eigenvalue weighted by atomic mass is 9.87. The van der Waals surface area contributed by atoms with E-state index in [-0.39, 0.29) is 11.8 Å². The van der Waals surface area contributed by atoms with Crippen molar-refractivity contribution in [3.05, 3.63) is 65.2 Å². The van der Waals surface area contributed by atoms with Crippen molar-refractivity contribution in [3.63, 3.8) is 0 Å². The fraction of sp³-hybridized carbons (Fsp3) is 0.292. The number of hydrogen-bond donors (Lipinski definition) is 3. The first-order valence-corrected chi connectivity index (χ1v) is 10.7. The van der Waals surface area contributed by atoms with Crippen LogP contribution in [0, 0.1) is 5.82 Å². The summed E-state index contributed by atoms with van der Waals surface area (Å²) >= 11 is 0. The van der Waals surface area contributed by atoms with E-state index < -0.39 is 5.82 Å². The molecule has 2 heterocycles. The van der Waals surface area contributed by atoms with Gasteiger partial charge in [0.25, 0.3) is 5.69 Å². The predicted molar refractivity (Wildman–Crippen MR) is 115 cm³/mol. The number of nitrogens with zero attached hydrogens (tertiary/aromatic N) is 3. The van der Waals surface area contributed by atoms with Gasteiger partial charge in [-0.3, -0.25) is 0 Å². The van der Waals surface area contributed by atoms with Crippen molar-refractivity contribution >= 4 is 16.9 Å². The van der Waals surface area contributed by atoms with Crippen LogP contribution in [0.3, 0.4) is 0 Å². The van der Waals surface area contributed by atoms with Crippen LogP contribution in [0.1, 0.15) is 47.9 Å². The van der Waals surface area contributed by atoms with Gasteiger partial charge in [0.2, 0.25) is 5.65 Å². The number of H-pyrrole nitrogens is 1. The lowest BCUT2D eigenvalue weighted by Gasteiger charge is -2.18. The molecule has 0 saturated heterocycles. The number of hydrogen-bond acceptors (Lipinski definition) is 4. The summed E-state index contributed by atoms with van der Waals surface area (Å²) in [5.41, 5.74) is 12.5. The Hall–Kier alpha value is -3.48. The highest BCUT2D eigenvalue weighted by Crippen LogP contribution is 2.51. The van der Waals surface area contributed by atoms with Crippen molar-refractivity contribution in [3.8, 4) is 17.0 Å². The number of halogens is 1. The van der Waals surface area contributed by atoms with Crippen molar-refractivity contribution in [1.29, 1.82) is 0 Å². The predicted octanol–water partition coefficient (Wildman–Crippen LogP) is 3.95. The van der Waals surface area contributed by atoms with Crippen LogP contribution in [0.4, 0.5) is 10.2 Å². The number of phenols is 1. The molecule has 156 valence electrons. The van der Waals surface area contributed by atoms with Gasteiger partial charge in [0.1, 0.15) is 29.1 Å². The first-order valence-electron chi connectivity index (χ1n) is 10.7. The molecule has 7 heteroatoms.